The summed E-state index contributed by atoms with van der Waals surface area (Å²) < 4.78 is 0. The number of hydrogen-bond donors (Lipinski definition) is 2. The van der Waals surface area contributed by atoms with Crippen LogP contribution in [0.5, 0.6) is 0 Å². The lowest BCUT2D eigenvalue weighted by Gasteiger charge is -2.33. The summed E-state index contributed by atoms with van der Waals surface area (Å²) in [6, 6.07) is 9.91. The number of amides is 1. The minimum absolute atomic E-state index is 0.0597. The van der Waals surface area contributed by atoms with Gasteiger partial charge in [-0.1, -0.05) is 37.3 Å². The second-order valence-electron chi connectivity index (χ2n) is 5.01. The first-order valence-corrected chi connectivity index (χ1v) is 6.42. The molecule has 4 heteroatoms. The molecule has 2 rings (SSSR count). The van der Waals surface area contributed by atoms with Gasteiger partial charge in [-0.05, 0) is 17.9 Å². The second-order valence-corrected chi connectivity index (χ2v) is 5.01. The molecule has 0 saturated carbocycles. The van der Waals surface area contributed by atoms with Gasteiger partial charge in [-0.3, -0.25) is 4.79 Å². The van der Waals surface area contributed by atoms with Gasteiger partial charge in [0, 0.05) is 19.1 Å². The van der Waals surface area contributed by atoms with Crippen molar-refractivity contribution in [1.29, 1.82) is 0 Å². The van der Waals surface area contributed by atoms with Crippen molar-refractivity contribution >= 4 is 5.91 Å². The van der Waals surface area contributed by atoms with E-state index in [-0.39, 0.29) is 17.9 Å². The number of hydrogen-bond acceptors (Lipinski definition) is 3. The van der Waals surface area contributed by atoms with Crippen molar-refractivity contribution in [1.82, 2.24) is 10.4 Å². The summed E-state index contributed by atoms with van der Waals surface area (Å²) in [6.45, 7) is 3.30. The highest BCUT2D eigenvalue weighted by Crippen LogP contribution is 2.15. The standard InChI is InChI=1S/C14H20N2O2/c1-11-10-16(18)8-7-13(11)15-14(17)9-12-5-3-2-4-6-12/h2-6,11,13,18H,7-10H2,1H3,(H,15,17). The van der Waals surface area contributed by atoms with Gasteiger partial charge in [-0.25, -0.2) is 0 Å². The highest BCUT2D eigenvalue weighted by molar-refractivity contribution is 5.78. The molecule has 1 aromatic rings. The monoisotopic (exact) mass is 248 g/mol. The number of nitrogens with one attached hydrogen (secondary N) is 1. The van der Waals surface area contributed by atoms with E-state index in [0.717, 1.165) is 12.0 Å². The molecule has 0 spiro atoms. The third-order valence-electron chi connectivity index (χ3n) is 3.44. The maximum absolute atomic E-state index is 11.9. The predicted molar refractivity (Wildman–Crippen MR) is 69.2 cm³/mol. The third kappa shape index (κ3) is 3.55. The van der Waals surface area contributed by atoms with Crippen LogP contribution in [0.2, 0.25) is 0 Å². The predicted octanol–water partition coefficient (Wildman–Crippen LogP) is 1.44. The Bertz CT molecular complexity index is 394. The van der Waals surface area contributed by atoms with E-state index in [4.69, 9.17) is 0 Å². The summed E-state index contributed by atoms with van der Waals surface area (Å²) in [4.78, 5) is 11.9. The Morgan fingerprint density at radius 2 is 2.17 bits per heavy atom. The third-order valence-corrected chi connectivity index (χ3v) is 3.44. The van der Waals surface area contributed by atoms with Gasteiger partial charge in [0.05, 0.1) is 6.42 Å². The lowest BCUT2D eigenvalue weighted by Crippen LogP contribution is -2.49. The first-order valence-electron chi connectivity index (χ1n) is 6.42. The summed E-state index contributed by atoms with van der Waals surface area (Å²) in [5.41, 5.74) is 1.03. The van der Waals surface area contributed by atoms with Crippen molar-refractivity contribution in [2.45, 2.75) is 25.8 Å². The van der Waals surface area contributed by atoms with E-state index in [9.17, 15) is 10.0 Å². The Balaban J connectivity index is 1.84. The molecule has 1 heterocycles. The van der Waals surface area contributed by atoms with E-state index in [1.165, 1.54) is 5.06 Å². The summed E-state index contributed by atoms with van der Waals surface area (Å²) in [6.07, 6.45) is 1.23. The van der Waals surface area contributed by atoms with Crippen LogP contribution in [0.3, 0.4) is 0 Å². The molecule has 1 saturated heterocycles. The molecule has 2 N–H and O–H groups in total. The minimum Gasteiger partial charge on any atom is -0.353 e. The second kappa shape index (κ2) is 5.98. The van der Waals surface area contributed by atoms with Crippen LogP contribution in [0.25, 0.3) is 0 Å². The van der Waals surface area contributed by atoms with Gasteiger partial charge in [-0.15, -0.1) is 0 Å². The van der Waals surface area contributed by atoms with Crippen molar-refractivity contribution in [3.63, 3.8) is 0 Å². The molecule has 2 atom stereocenters. The summed E-state index contributed by atoms with van der Waals surface area (Å²) in [5, 5.41) is 13.8. The smallest absolute Gasteiger partial charge is 0.224 e. The van der Waals surface area contributed by atoms with Crippen molar-refractivity contribution in [2.24, 2.45) is 5.92 Å². The maximum Gasteiger partial charge on any atom is 0.224 e. The van der Waals surface area contributed by atoms with Crippen LogP contribution < -0.4 is 5.32 Å². The summed E-state index contributed by atoms with van der Waals surface area (Å²) in [5.74, 6) is 0.341. The van der Waals surface area contributed by atoms with Gasteiger partial charge in [0.15, 0.2) is 0 Å². The number of carbonyl (C=O) groups is 1. The molecule has 98 valence electrons. The van der Waals surface area contributed by atoms with Gasteiger partial charge >= 0.3 is 0 Å². The molecule has 0 aliphatic carbocycles. The number of carbonyl (C=O) groups excluding carboxylic acids is 1. The number of piperidine rings is 1. The normalized spacial score (nSPS) is 24.8. The van der Waals surface area contributed by atoms with Gasteiger partial charge < -0.3 is 10.5 Å². The zero-order valence-electron chi connectivity index (χ0n) is 10.7. The molecule has 18 heavy (non-hydrogen) atoms. The number of rotatable bonds is 3. The van der Waals surface area contributed by atoms with Gasteiger partial charge in [0.2, 0.25) is 5.91 Å². The van der Waals surface area contributed by atoms with Gasteiger partial charge in [0.25, 0.3) is 0 Å². The van der Waals surface area contributed by atoms with Crippen molar-refractivity contribution in [3.8, 4) is 0 Å². The molecule has 0 aromatic heterocycles. The van der Waals surface area contributed by atoms with E-state index in [1.54, 1.807) is 0 Å². The molecule has 1 amide bonds. The van der Waals surface area contributed by atoms with Crippen molar-refractivity contribution in [3.05, 3.63) is 35.9 Å². The van der Waals surface area contributed by atoms with Crippen LogP contribution >= 0.6 is 0 Å². The van der Waals surface area contributed by atoms with Crippen LogP contribution in [0.4, 0.5) is 0 Å². The van der Waals surface area contributed by atoms with E-state index in [2.05, 4.69) is 12.2 Å². The SMILES string of the molecule is CC1CN(O)CCC1NC(=O)Cc1ccccc1. The Morgan fingerprint density at radius 3 is 2.83 bits per heavy atom. The minimum atomic E-state index is 0.0597. The molecule has 0 radical (unpaired) electrons. The number of nitrogens with zero attached hydrogens (tertiary/aromatic N) is 1. The fraction of sp³-hybridized carbons (Fsp3) is 0.500. The highest BCUT2D eigenvalue weighted by atomic mass is 16.5. The molecule has 1 aliphatic heterocycles. The molecule has 2 unspecified atom stereocenters. The molecule has 1 aliphatic rings. The Morgan fingerprint density at radius 1 is 1.44 bits per heavy atom. The van der Waals surface area contributed by atoms with Crippen LogP contribution in [0.15, 0.2) is 30.3 Å². The van der Waals surface area contributed by atoms with Gasteiger partial charge in [-0.2, -0.15) is 5.06 Å². The summed E-state index contributed by atoms with van der Waals surface area (Å²) in [7, 11) is 0. The van der Waals surface area contributed by atoms with Crippen LogP contribution in [-0.2, 0) is 11.2 Å². The Kier molecular flexibility index (Phi) is 4.33. The van der Waals surface area contributed by atoms with Crippen LogP contribution in [0, 0.1) is 5.92 Å². The molecule has 4 nitrogen and oxygen atoms in total. The highest BCUT2D eigenvalue weighted by Gasteiger charge is 2.26. The fourth-order valence-electron chi connectivity index (χ4n) is 2.38. The lowest BCUT2D eigenvalue weighted by molar-refractivity contribution is -0.131. The quantitative estimate of drug-likeness (QED) is 0.851. The zero-order valence-corrected chi connectivity index (χ0v) is 10.7. The zero-order chi connectivity index (χ0) is 13.0. The Labute approximate surface area is 108 Å². The van der Waals surface area contributed by atoms with Crippen molar-refractivity contribution in [2.75, 3.05) is 13.1 Å². The van der Waals surface area contributed by atoms with E-state index >= 15 is 0 Å². The topological polar surface area (TPSA) is 52.6 Å². The largest absolute Gasteiger partial charge is 0.353 e. The lowest BCUT2D eigenvalue weighted by atomic mass is 9.94. The molecule has 1 aromatic carbocycles. The summed E-state index contributed by atoms with van der Waals surface area (Å²) >= 11 is 0. The van der Waals surface area contributed by atoms with Gasteiger partial charge in [0.1, 0.15) is 0 Å². The number of hydroxylamine groups is 2. The van der Waals surface area contributed by atoms with E-state index < -0.39 is 0 Å². The molecule has 1 fully saturated rings. The molecule has 0 bridgehead atoms. The maximum atomic E-state index is 11.9. The molecular formula is C14H20N2O2. The first kappa shape index (κ1) is 13.1. The number of benzene rings is 1. The molecular weight excluding hydrogens is 228 g/mol. The fourth-order valence-corrected chi connectivity index (χ4v) is 2.38. The van der Waals surface area contributed by atoms with Crippen LogP contribution in [-0.4, -0.2) is 35.3 Å². The van der Waals surface area contributed by atoms with Crippen LogP contribution in [0.1, 0.15) is 18.9 Å². The van der Waals surface area contributed by atoms with E-state index in [0.29, 0.717) is 19.5 Å². The Hall–Kier alpha value is -1.39. The van der Waals surface area contributed by atoms with Crippen molar-refractivity contribution < 1.29 is 10.0 Å². The average Bonchev–Trinajstić information content (AvgIpc) is 2.34. The average molecular weight is 248 g/mol. The first-order chi connectivity index (χ1) is 8.65. The van der Waals surface area contributed by atoms with E-state index in [1.807, 2.05) is 30.3 Å².